The Kier molecular flexibility index (Phi) is 2.36. The van der Waals surface area contributed by atoms with Gasteiger partial charge in [0.15, 0.2) is 0 Å². The van der Waals surface area contributed by atoms with Crippen LogP contribution in [-0.2, 0) is 0 Å². The van der Waals surface area contributed by atoms with Crippen LogP contribution in [0, 0.1) is 0 Å². The summed E-state index contributed by atoms with van der Waals surface area (Å²) < 4.78 is 5.11. The van der Waals surface area contributed by atoms with E-state index in [0.717, 1.165) is 17.3 Å². The van der Waals surface area contributed by atoms with Gasteiger partial charge in [0.25, 0.3) is 0 Å². The van der Waals surface area contributed by atoms with Crippen LogP contribution in [0.1, 0.15) is 0 Å². The molecule has 0 saturated carbocycles. The fraction of sp³-hybridized carbons (Fsp3) is 0.100. The van der Waals surface area contributed by atoms with Crippen molar-refractivity contribution in [3.8, 4) is 5.75 Å². The van der Waals surface area contributed by atoms with Crippen LogP contribution in [0.5, 0.6) is 5.75 Å². The highest BCUT2D eigenvalue weighted by atomic mass is 16.5. The average Bonchev–Trinajstić information content (AvgIpc) is 2.71. The van der Waals surface area contributed by atoms with E-state index in [0.29, 0.717) is 0 Å². The quantitative estimate of drug-likeness (QED) is 0.777. The summed E-state index contributed by atoms with van der Waals surface area (Å²) in [6.07, 6.45) is 1.70. The van der Waals surface area contributed by atoms with Gasteiger partial charge in [0.2, 0.25) is 0 Å². The van der Waals surface area contributed by atoms with Gasteiger partial charge in [-0.1, -0.05) is 6.07 Å². The number of H-pyrrole nitrogens is 1. The summed E-state index contributed by atoms with van der Waals surface area (Å²) in [6.45, 7) is 0. The van der Waals surface area contributed by atoms with E-state index in [1.54, 1.807) is 13.3 Å². The van der Waals surface area contributed by atoms with Crippen molar-refractivity contribution in [1.82, 2.24) is 10.2 Å². The first kappa shape index (κ1) is 8.62. The maximum Gasteiger partial charge on any atom is 0.125 e. The molecule has 72 valence electrons. The predicted octanol–water partition coefficient (Wildman–Crippen LogP) is 2.16. The number of methoxy groups -OCH3 is 1. The van der Waals surface area contributed by atoms with E-state index in [1.807, 2.05) is 30.3 Å². The number of nitrogens with one attached hydrogen (secondary N) is 2. The second-order valence-corrected chi connectivity index (χ2v) is 2.83. The summed E-state index contributed by atoms with van der Waals surface area (Å²) >= 11 is 0. The molecule has 4 heteroatoms. The van der Waals surface area contributed by atoms with E-state index < -0.39 is 0 Å². The smallest absolute Gasteiger partial charge is 0.125 e. The van der Waals surface area contributed by atoms with Gasteiger partial charge in [0.05, 0.1) is 13.3 Å². The molecule has 0 aliphatic rings. The van der Waals surface area contributed by atoms with Crippen molar-refractivity contribution in [2.24, 2.45) is 0 Å². The largest absolute Gasteiger partial charge is 0.497 e. The Morgan fingerprint density at radius 1 is 1.36 bits per heavy atom. The Morgan fingerprint density at radius 3 is 3.00 bits per heavy atom. The van der Waals surface area contributed by atoms with Crippen molar-refractivity contribution in [3.05, 3.63) is 36.5 Å². The van der Waals surface area contributed by atoms with E-state index in [9.17, 15) is 0 Å². The highest BCUT2D eigenvalue weighted by Crippen LogP contribution is 2.19. The molecule has 0 aliphatic carbocycles. The molecule has 14 heavy (non-hydrogen) atoms. The SMILES string of the molecule is COc1cccc(Nc2ccn[nH]2)c1. The first-order valence-corrected chi connectivity index (χ1v) is 4.29. The van der Waals surface area contributed by atoms with E-state index in [-0.39, 0.29) is 0 Å². The molecule has 4 nitrogen and oxygen atoms in total. The number of rotatable bonds is 3. The van der Waals surface area contributed by atoms with E-state index in [2.05, 4.69) is 15.5 Å². The molecule has 0 saturated heterocycles. The van der Waals surface area contributed by atoms with Gasteiger partial charge in [-0.05, 0) is 12.1 Å². The molecule has 0 aliphatic heterocycles. The van der Waals surface area contributed by atoms with Gasteiger partial charge in [-0.3, -0.25) is 5.10 Å². The van der Waals surface area contributed by atoms with Crippen molar-refractivity contribution in [3.63, 3.8) is 0 Å². The second kappa shape index (κ2) is 3.83. The molecule has 0 fully saturated rings. The van der Waals surface area contributed by atoms with Crippen LogP contribution >= 0.6 is 0 Å². The average molecular weight is 189 g/mol. The minimum absolute atomic E-state index is 0.828. The van der Waals surface area contributed by atoms with Gasteiger partial charge in [0, 0.05) is 17.8 Å². The van der Waals surface area contributed by atoms with Gasteiger partial charge in [-0.2, -0.15) is 5.10 Å². The number of nitrogens with zero attached hydrogens (tertiary/aromatic N) is 1. The molecular weight excluding hydrogens is 178 g/mol. The molecule has 0 radical (unpaired) electrons. The van der Waals surface area contributed by atoms with Gasteiger partial charge in [-0.25, -0.2) is 0 Å². The van der Waals surface area contributed by atoms with Crippen LogP contribution in [0.15, 0.2) is 36.5 Å². The van der Waals surface area contributed by atoms with Gasteiger partial charge in [0.1, 0.15) is 11.6 Å². The molecule has 0 unspecified atom stereocenters. The minimum atomic E-state index is 0.828. The maximum atomic E-state index is 5.11. The van der Waals surface area contributed by atoms with E-state index >= 15 is 0 Å². The van der Waals surface area contributed by atoms with Crippen molar-refractivity contribution in [1.29, 1.82) is 0 Å². The van der Waals surface area contributed by atoms with E-state index in [4.69, 9.17) is 4.74 Å². The molecule has 2 rings (SSSR count). The highest BCUT2D eigenvalue weighted by Gasteiger charge is 1.96. The fourth-order valence-electron chi connectivity index (χ4n) is 1.18. The predicted molar refractivity (Wildman–Crippen MR) is 54.9 cm³/mol. The van der Waals surface area contributed by atoms with Gasteiger partial charge >= 0.3 is 0 Å². The lowest BCUT2D eigenvalue weighted by molar-refractivity contribution is 0.415. The summed E-state index contributed by atoms with van der Waals surface area (Å²) in [4.78, 5) is 0. The molecule has 0 bridgehead atoms. The second-order valence-electron chi connectivity index (χ2n) is 2.83. The van der Waals surface area contributed by atoms with Crippen LogP contribution in [-0.4, -0.2) is 17.3 Å². The Morgan fingerprint density at radius 2 is 2.29 bits per heavy atom. The third-order valence-corrected chi connectivity index (χ3v) is 1.85. The topological polar surface area (TPSA) is 49.9 Å². The summed E-state index contributed by atoms with van der Waals surface area (Å²) in [7, 11) is 1.65. The van der Waals surface area contributed by atoms with Crippen LogP contribution in [0.4, 0.5) is 11.5 Å². The summed E-state index contributed by atoms with van der Waals surface area (Å²) in [5, 5.41) is 9.82. The van der Waals surface area contributed by atoms with Crippen LogP contribution in [0.2, 0.25) is 0 Å². The molecule has 1 aromatic carbocycles. The third kappa shape index (κ3) is 1.85. The summed E-state index contributed by atoms with van der Waals surface area (Å²) in [5.41, 5.74) is 0.966. The lowest BCUT2D eigenvalue weighted by Crippen LogP contribution is -1.91. The third-order valence-electron chi connectivity index (χ3n) is 1.85. The first-order valence-electron chi connectivity index (χ1n) is 4.29. The molecule has 2 N–H and O–H groups in total. The Bertz CT molecular complexity index is 398. The van der Waals surface area contributed by atoms with Gasteiger partial charge in [-0.15, -0.1) is 0 Å². The number of anilines is 2. The molecule has 1 heterocycles. The van der Waals surface area contributed by atoms with Crippen LogP contribution in [0.3, 0.4) is 0 Å². The van der Waals surface area contributed by atoms with E-state index in [1.165, 1.54) is 0 Å². The molecule has 0 atom stereocenters. The van der Waals surface area contributed by atoms with Gasteiger partial charge < -0.3 is 10.1 Å². The number of ether oxygens (including phenoxy) is 1. The zero-order valence-corrected chi connectivity index (χ0v) is 7.82. The first-order chi connectivity index (χ1) is 6.88. The molecule has 0 spiro atoms. The van der Waals surface area contributed by atoms with Crippen molar-refractivity contribution >= 4 is 11.5 Å². The van der Waals surface area contributed by atoms with Crippen LogP contribution < -0.4 is 10.1 Å². The monoisotopic (exact) mass is 189 g/mol. The standard InChI is InChI=1S/C10H11N3O/c1-14-9-4-2-3-8(7-9)12-10-5-6-11-13-10/h2-7H,1H3,(H2,11,12,13). The highest BCUT2D eigenvalue weighted by molar-refractivity contribution is 5.57. The Labute approximate surface area is 81.9 Å². The molecular formula is C10H11N3O. The lowest BCUT2D eigenvalue weighted by Gasteiger charge is -2.05. The van der Waals surface area contributed by atoms with Crippen molar-refractivity contribution in [2.45, 2.75) is 0 Å². The van der Waals surface area contributed by atoms with Crippen molar-refractivity contribution in [2.75, 3.05) is 12.4 Å². The molecule has 1 aromatic heterocycles. The number of aromatic amines is 1. The molecule has 0 amide bonds. The summed E-state index contributed by atoms with van der Waals surface area (Å²) in [5.74, 6) is 1.69. The zero-order chi connectivity index (χ0) is 9.80. The molecule has 2 aromatic rings. The number of benzene rings is 1. The number of aromatic nitrogens is 2. The minimum Gasteiger partial charge on any atom is -0.497 e. The summed E-state index contributed by atoms with van der Waals surface area (Å²) in [6, 6.07) is 9.57. The Hall–Kier alpha value is -1.97. The van der Waals surface area contributed by atoms with Crippen LogP contribution in [0.25, 0.3) is 0 Å². The number of hydrogen-bond acceptors (Lipinski definition) is 3. The Balaban J connectivity index is 2.17. The zero-order valence-electron chi connectivity index (χ0n) is 7.82. The lowest BCUT2D eigenvalue weighted by atomic mass is 10.3. The van der Waals surface area contributed by atoms with Crippen molar-refractivity contribution < 1.29 is 4.74 Å². The normalized spacial score (nSPS) is 9.79. The fourth-order valence-corrected chi connectivity index (χ4v) is 1.18. The number of hydrogen-bond donors (Lipinski definition) is 2. The maximum absolute atomic E-state index is 5.11.